The van der Waals surface area contributed by atoms with Crippen molar-refractivity contribution in [1.82, 2.24) is 0 Å². The number of hydrogen-bond acceptors (Lipinski definition) is 2. The highest BCUT2D eigenvalue weighted by Gasteiger charge is 2.30. The summed E-state index contributed by atoms with van der Waals surface area (Å²) in [6.45, 7) is 5.30. The largest absolute Gasteiger partial charge is 0.490 e. The van der Waals surface area contributed by atoms with Crippen molar-refractivity contribution in [3.05, 3.63) is 11.8 Å². The van der Waals surface area contributed by atoms with Crippen LogP contribution in [0.25, 0.3) is 0 Å². The highest BCUT2D eigenvalue weighted by molar-refractivity contribution is 5.95. The molecule has 1 aliphatic heterocycles. The van der Waals surface area contributed by atoms with Crippen LogP contribution >= 0.6 is 0 Å². The fourth-order valence-electron chi connectivity index (χ4n) is 2.98. The quantitative estimate of drug-likeness (QED) is 0.746. The zero-order valence-corrected chi connectivity index (χ0v) is 11.1. The summed E-state index contributed by atoms with van der Waals surface area (Å²) >= 11 is 0. The maximum absolute atomic E-state index is 12.2. The van der Waals surface area contributed by atoms with Crippen LogP contribution in [-0.4, -0.2) is 12.4 Å². The van der Waals surface area contributed by atoms with Gasteiger partial charge in [-0.25, -0.2) is 0 Å². The minimum atomic E-state index is 0.231. The van der Waals surface area contributed by atoms with Gasteiger partial charge in [-0.3, -0.25) is 4.79 Å². The summed E-state index contributed by atoms with van der Waals surface area (Å²) in [4.78, 5) is 12.2. The summed E-state index contributed by atoms with van der Waals surface area (Å²) in [6.07, 6.45) is 8.58. The molecule has 0 saturated heterocycles. The van der Waals surface area contributed by atoms with E-state index in [1.165, 1.54) is 12.8 Å². The van der Waals surface area contributed by atoms with Gasteiger partial charge in [0.1, 0.15) is 0 Å². The molecule has 0 amide bonds. The van der Waals surface area contributed by atoms with E-state index >= 15 is 0 Å². The second kappa shape index (κ2) is 5.70. The minimum Gasteiger partial charge on any atom is -0.490 e. The summed E-state index contributed by atoms with van der Waals surface area (Å²) in [5, 5.41) is 0. The van der Waals surface area contributed by atoms with Crippen molar-refractivity contribution in [1.29, 1.82) is 0 Å². The van der Waals surface area contributed by atoms with Crippen molar-refractivity contribution < 1.29 is 9.53 Å². The number of carbonyl (C=O) groups is 1. The number of ketones is 1. The third-order valence-corrected chi connectivity index (χ3v) is 4.26. The van der Waals surface area contributed by atoms with Crippen LogP contribution in [0.2, 0.25) is 0 Å². The molecule has 0 aromatic carbocycles. The van der Waals surface area contributed by atoms with E-state index in [0.717, 1.165) is 44.1 Å². The normalized spacial score (nSPS) is 29.7. The molecule has 2 nitrogen and oxygen atoms in total. The van der Waals surface area contributed by atoms with Gasteiger partial charge < -0.3 is 4.74 Å². The van der Waals surface area contributed by atoms with E-state index in [1.807, 2.05) is 6.08 Å². The number of carbonyl (C=O) groups excluding carboxylic acids is 1. The van der Waals surface area contributed by atoms with Crippen molar-refractivity contribution in [3.8, 4) is 0 Å². The van der Waals surface area contributed by atoms with Gasteiger partial charge in [0.2, 0.25) is 0 Å². The van der Waals surface area contributed by atoms with Crippen molar-refractivity contribution in [3.63, 3.8) is 0 Å². The first-order chi connectivity index (χ1) is 8.18. The molecule has 1 heterocycles. The Bertz CT molecular complexity index is 296. The van der Waals surface area contributed by atoms with Crippen LogP contribution < -0.4 is 0 Å². The van der Waals surface area contributed by atoms with E-state index in [4.69, 9.17) is 4.74 Å². The van der Waals surface area contributed by atoms with Gasteiger partial charge in [0.15, 0.2) is 11.5 Å². The summed E-state index contributed by atoms with van der Waals surface area (Å²) in [5.41, 5.74) is 0. The average Bonchev–Trinajstić information content (AvgIpc) is 2.39. The van der Waals surface area contributed by atoms with Gasteiger partial charge in [0, 0.05) is 5.92 Å². The summed E-state index contributed by atoms with van der Waals surface area (Å²) in [6, 6.07) is 0. The Morgan fingerprint density at radius 2 is 2.00 bits per heavy atom. The van der Waals surface area contributed by atoms with Crippen LogP contribution in [0.4, 0.5) is 0 Å². The van der Waals surface area contributed by atoms with Crippen molar-refractivity contribution in [2.75, 3.05) is 6.61 Å². The van der Waals surface area contributed by atoms with E-state index in [9.17, 15) is 4.79 Å². The minimum absolute atomic E-state index is 0.231. The van der Waals surface area contributed by atoms with Gasteiger partial charge in [-0.05, 0) is 56.4 Å². The molecule has 1 aliphatic carbocycles. The van der Waals surface area contributed by atoms with Crippen LogP contribution in [0.1, 0.15) is 52.4 Å². The molecule has 2 heteroatoms. The summed E-state index contributed by atoms with van der Waals surface area (Å²) in [7, 11) is 0. The molecule has 96 valence electrons. The molecule has 0 spiro atoms. The SMILES string of the molecule is CC(C)C1CCC(C(=O)C2=CCCCO2)CC1. The van der Waals surface area contributed by atoms with Crippen molar-refractivity contribution in [2.24, 2.45) is 17.8 Å². The zero-order chi connectivity index (χ0) is 12.3. The fraction of sp³-hybridized carbons (Fsp3) is 0.800. The first-order valence-corrected chi connectivity index (χ1v) is 7.05. The molecule has 1 fully saturated rings. The lowest BCUT2D eigenvalue weighted by Gasteiger charge is -2.30. The predicted molar refractivity (Wildman–Crippen MR) is 68.6 cm³/mol. The highest BCUT2D eigenvalue weighted by atomic mass is 16.5. The van der Waals surface area contributed by atoms with E-state index < -0.39 is 0 Å². The first kappa shape index (κ1) is 12.7. The molecule has 0 unspecified atom stereocenters. The maximum atomic E-state index is 12.2. The van der Waals surface area contributed by atoms with E-state index in [-0.39, 0.29) is 11.7 Å². The molecule has 0 bridgehead atoms. The number of Topliss-reactive ketones (excluding diaryl/α,β-unsaturated/α-hetero) is 1. The molecule has 1 saturated carbocycles. The fourth-order valence-corrected chi connectivity index (χ4v) is 2.98. The van der Waals surface area contributed by atoms with Gasteiger partial charge in [0.05, 0.1) is 6.61 Å². The molecule has 0 atom stereocenters. The standard InChI is InChI=1S/C15H24O2/c1-11(2)12-6-8-13(9-7-12)15(16)14-5-3-4-10-17-14/h5,11-13H,3-4,6-10H2,1-2H3. The molecule has 17 heavy (non-hydrogen) atoms. The third kappa shape index (κ3) is 3.11. The van der Waals surface area contributed by atoms with Gasteiger partial charge in [-0.2, -0.15) is 0 Å². The maximum Gasteiger partial charge on any atom is 0.200 e. The Hall–Kier alpha value is -0.790. The Kier molecular flexibility index (Phi) is 4.25. The van der Waals surface area contributed by atoms with Crippen molar-refractivity contribution >= 4 is 5.78 Å². The number of allylic oxidation sites excluding steroid dienone is 2. The molecule has 0 aromatic heterocycles. The Labute approximate surface area is 104 Å². The Morgan fingerprint density at radius 1 is 1.29 bits per heavy atom. The van der Waals surface area contributed by atoms with E-state index in [2.05, 4.69) is 13.8 Å². The van der Waals surface area contributed by atoms with Gasteiger partial charge in [-0.1, -0.05) is 13.8 Å². The first-order valence-electron chi connectivity index (χ1n) is 7.05. The second-order valence-electron chi connectivity index (χ2n) is 5.78. The van der Waals surface area contributed by atoms with Crippen LogP contribution in [-0.2, 0) is 9.53 Å². The monoisotopic (exact) mass is 236 g/mol. The van der Waals surface area contributed by atoms with Crippen LogP contribution in [0, 0.1) is 17.8 Å². The average molecular weight is 236 g/mol. The van der Waals surface area contributed by atoms with Crippen LogP contribution in [0.5, 0.6) is 0 Å². The van der Waals surface area contributed by atoms with E-state index in [1.54, 1.807) is 0 Å². The number of hydrogen-bond donors (Lipinski definition) is 0. The van der Waals surface area contributed by atoms with Gasteiger partial charge in [-0.15, -0.1) is 0 Å². The molecular weight excluding hydrogens is 212 g/mol. The zero-order valence-electron chi connectivity index (χ0n) is 11.1. The van der Waals surface area contributed by atoms with Gasteiger partial charge >= 0.3 is 0 Å². The molecule has 0 radical (unpaired) electrons. The van der Waals surface area contributed by atoms with Gasteiger partial charge in [0.25, 0.3) is 0 Å². The Balaban J connectivity index is 1.88. The summed E-state index contributed by atoms with van der Waals surface area (Å²) in [5.74, 6) is 2.74. The summed E-state index contributed by atoms with van der Waals surface area (Å²) < 4.78 is 5.48. The molecule has 2 aliphatic rings. The lowest BCUT2D eigenvalue weighted by Crippen LogP contribution is -2.26. The molecule has 0 N–H and O–H groups in total. The predicted octanol–water partition coefficient (Wildman–Crippen LogP) is 3.71. The lowest BCUT2D eigenvalue weighted by atomic mass is 9.75. The molecule has 0 aromatic rings. The van der Waals surface area contributed by atoms with E-state index in [0.29, 0.717) is 5.76 Å². The second-order valence-corrected chi connectivity index (χ2v) is 5.78. The number of rotatable bonds is 3. The van der Waals surface area contributed by atoms with Crippen LogP contribution in [0.15, 0.2) is 11.8 Å². The lowest BCUT2D eigenvalue weighted by molar-refractivity contribution is -0.124. The number of ether oxygens (including phenoxy) is 1. The van der Waals surface area contributed by atoms with Crippen molar-refractivity contribution in [2.45, 2.75) is 52.4 Å². The highest BCUT2D eigenvalue weighted by Crippen LogP contribution is 2.35. The topological polar surface area (TPSA) is 26.3 Å². The van der Waals surface area contributed by atoms with Crippen LogP contribution in [0.3, 0.4) is 0 Å². The molecular formula is C15H24O2. The smallest absolute Gasteiger partial charge is 0.200 e. The Morgan fingerprint density at radius 3 is 2.53 bits per heavy atom. The molecule has 2 rings (SSSR count). The third-order valence-electron chi connectivity index (χ3n) is 4.26.